The van der Waals surface area contributed by atoms with Crippen LogP contribution < -0.4 is 5.43 Å². The van der Waals surface area contributed by atoms with Crippen molar-refractivity contribution in [2.75, 3.05) is 5.43 Å². The van der Waals surface area contributed by atoms with Crippen LogP contribution in [0.5, 0.6) is 0 Å². The highest BCUT2D eigenvalue weighted by molar-refractivity contribution is 7.91. The van der Waals surface area contributed by atoms with Crippen LogP contribution in [-0.2, 0) is 9.84 Å². The quantitative estimate of drug-likeness (QED) is 0.529. The second-order valence-corrected chi connectivity index (χ2v) is 7.97. The number of nitrogens with zero attached hydrogens (tertiary/aromatic N) is 1. The number of nitrogens with one attached hydrogen (secondary N) is 1. The highest BCUT2D eigenvalue weighted by Gasteiger charge is 2.17. The van der Waals surface area contributed by atoms with Crippen molar-refractivity contribution in [1.82, 2.24) is 0 Å². The van der Waals surface area contributed by atoms with Gasteiger partial charge in [-0.15, -0.1) is 0 Å². The predicted molar refractivity (Wildman–Crippen MR) is 105 cm³/mol. The smallest absolute Gasteiger partial charge is 0.206 e. The summed E-state index contributed by atoms with van der Waals surface area (Å²) in [5, 5.41) is 4.34. The molecule has 0 aliphatic carbocycles. The van der Waals surface area contributed by atoms with Gasteiger partial charge in [0.1, 0.15) is 0 Å². The molecule has 132 valence electrons. The van der Waals surface area contributed by atoms with Crippen molar-refractivity contribution in [3.63, 3.8) is 0 Å². The molecule has 3 rings (SSSR count). The Morgan fingerprint density at radius 1 is 0.808 bits per heavy atom. The van der Waals surface area contributed by atoms with E-state index in [1.54, 1.807) is 48.5 Å². The first-order valence-electron chi connectivity index (χ1n) is 8.24. The van der Waals surface area contributed by atoms with Gasteiger partial charge in [-0.3, -0.25) is 5.43 Å². The normalized spacial score (nSPS) is 12.0. The molecule has 0 bridgehead atoms. The Balaban J connectivity index is 1.77. The second kappa shape index (κ2) is 7.54. The van der Waals surface area contributed by atoms with Crippen molar-refractivity contribution in [2.45, 2.75) is 23.6 Å². The van der Waals surface area contributed by atoms with Crippen molar-refractivity contribution >= 4 is 21.2 Å². The molecule has 0 saturated heterocycles. The van der Waals surface area contributed by atoms with Crippen molar-refractivity contribution in [2.24, 2.45) is 5.10 Å². The molecule has 0 fully saturated rings. The Morgan fingerprint density at radius 2 is 1.35 bits per heavy atom. The first-order chi connectivity index (χ1) is 12.5. The lowest BCUT2D eigenvalue weighted by Crippen LogP contribution is -2.03. The molecule has 4 nitrogen and oxygen atoms in total. The molecule has 0 aromatic heterocycles. The largest absolute Gasteiger partial charge is 0.278 e. The predicted octanol–water partition coefficient (Wildman–Crippen LogP) is 4.66. The molecule has 1 N–H and O–H groups in total. The fourth-order valence-corrected chi connectivity index (χ4v) is 3.72. The molecule has 0 aliphatic rings. The second-order valence-electron chi connectivity index (χ2n) is 6.02. The molecule has 0 amide bonds. The fraction of sp³-hybridized carbons (Fsp3) is 0.0952. The Labute approximate surface area is 154 Å². The molecular formula is C21H20N2O2S. The number of rotatable bonds is 5. The van der Waals surface area contributed by atoms with E-state index in [1.165, 1.54) is 0 Å². The third-order valence-corrected chi connectivity index (χ3v) is 5.83. The number of benzene rings is 3. The number of hydrogen-bond donors (Lipinski definition) is 1. The van der Waals surface area contributed by atoms with E-state index in [0.717, 1.165) is 22.5 Å². The van der Waals surface area contributed by atoms with E-state index in [-0.39, 0.29) is 4.90 Å². The zero-order valence-electron chi connectivity index (χ0n) is 14.7. The van der Waals surface area contributed by atoms with Crippen LogP contribution >= 0.6 is 0 Å². The molecule has 5 heteroatoms. The van der Waals surface area contributed by atoms with Gasteiger partial charge < -0.3 is 0 Å². The van der Waals surface area contributed by atoms with Gasteiger partial charge in [-0.05, 0) is 55.8 Å². The summed E-state index contributed by atoms with van der Waals surface area (Å²) in [6, 6.07) is 23.3. The Hall–Kier alpha value is -2.92. The number of hydrazone groups is 1. The average Bonchev–Trinajstić information content (AvgIpc) is 2.67. The van der Waals surface area contributed by atoms with Crippen LogP contribution in [0, 0.1) is 6.92 Å². The van der Waals surface area contributed by atoms with Crippen molar-refractivity contribution in [1.29, 1.82) is 0 Å². The lowest BCUT2D eigenvalue weighted by atomic mass is 10.1. The lowest BCUT2D eigenvalue weighted by molar-refractivity contribution is 0.596. The zero-order chi connectivity index (χ0) is 18.6. The van der Waals surface area contributed by atoms with Crippen LogP contribution in [-0.4, -0.2) is 14.1 Å². The monoisotopic (exact) mass is 364 g/mol. The van der Waals surface area contributed by atoms with Crippen LogP contribution in [0.3, 0.4) is 0 Å². The molecule has 0 saturated carbocycles. The highest BCUT2D eigenvalue weighted by atomic mass is 32.2. The summed E-state index contributed by atoms with van der Waals surface area (Å²) in [5.41, 5.74) is 6.59. The van der Waals surface area contributed by atoms with Gasteiger partial charge in [0, 0.05) is 0 Å². The summed E-state index contributed by atoms with van der Waals surface area (Å²) in [6.45, 7) is 3.84. The van der Waals surface area contributed by atoms with Gasteiger partial charge in [0.05, 0.1) is 21.2 Å². The van der Waals surface area contributed by atoms with Crippen molar-refractivity contribution in [3.8, 4) is 0 Å². The first kappa shape index (κ1) is 17.9. The van der Waals surface area contributed by atoms with Crippen LogP contribution in [0.4, 0.5) is 5.69 Å². The first-order valence-corrected chi connectivity index (χ1v) is 9.73. The SMILES string of the molecule is C/C(=N/Nc1ccc(S(=O)(=O)c2ccc(C)cc2)cc1)c1ccccc1. The van der Waals surface area contributed by atoms with Gasteiger partial charge in [-0.1, -0.05) is 48.0 Å². The molecule has 0 heterocycles. The van der Waals surface area contributed by atoms with E-state index >= 15 is 0 Å². The minimum atomic E-state index is -3.51. The van der Waals surface area contributed by atoms with E-state index in [0.29, 0.717) is 4.90 Å². The van der Waals surface area contributed by atoms with Gasteiger partial charge in [0.2, 0.25) is 9.84 Å². The number of aryl methyl sites for hydroxylation is 1. The van der Waals surface area contributed by atoms with Gasteiger partial charge in [-0.2, -0.15) is 5.10 Å². The third kappa shape index (κ3) is 4.00. The summed E-state index contributed by atoms with van der Waals surface area (Å²) in [6.07, 6.45) is 0. The summed E-state index contributed by atoms with van der Waals surface area (Å²) >= 11 is 0. The standard InChI is InChI=1S/C21H20N2O2S/c1-16-8-12-20(13-9-16)26(24,25)21-14-10-19(11-15-21)23-22-17(2)18-6-4-3-5-7-18/h3-15,23H,1-2H3/b22-17-. The molecule has 0 atom stereocenters. The Kier molecular flexibility index (Phi) is 5.19. The maximum Gasteiger partial charge on any atom is 0.206 e. The molecular weight excluding hydrogens is 344 g/mol. The van der Waals surface area contributed by atoms with Crippen LogP contribution in [0.15, 0.2) is 93.8 Å². The molecule has 26 heavy (non-hydrogen) atoms. The molecule has 3 aromatic carbocycles. The van der Waals surface area contributed by atoms with Crippen LogP contribution in [0.25, 0.3) is 0 Å². The van der Waals surface area contributed by atoms with Gasteiger partial charge in [-0.25, -0.2) is 8.42 Å². The average molecular weight is 364 g/mol. The van der Waals surface area contributed by atoms with Crippen molar-refractivity contribution < 1.29 is 8.42 Å². The van der Waals surface area contributed by atoms with Crippen LogP contribution in [0.2, 0.25) is 0 Å². The fourth-order valence-electron chi connectivity index (χ4n) is 2.45. The van der Waals surface area contributed by atoms with E-state index < -0.39 is 9.84 Å². The molecule has 0 unspecified atom stereocenters. The Morgan fingerprint density at radius 3 is 1.92 bits per heavy atom. The highest BCUT2D eigenvalue weighted by Crippen LogP contribution is 2.22. The van der Waals surface area contributed by atoms with Crippen LogP contribution in [0.1, 0.15) is 18.1 Å². The number of sulfone groups is 1. The number of hydrogen-bond acceptors (Lipinski definition) is 4. The molecule has 0 spiro atoms. The maximum atomic E-state index is 12.7. The summed E-state index contributed by atoms with van der Waals surface area (Å²) < 4.78 is 25.3. The van der Waals surface area contributed by atoms with E-state index in [1.807, 2.05) is 44.2 Å². The molecule has 3 aromatic rings. The minimum absolute atomic E-state index is 0.260. The lowest BCUT2D eigenvalue weighted by Gasteiger charge is -2.07. The van der Waals surface area contributed by atoms with Crippen molar-refractivity contribution in [3.05, 3.63) is 90.0 Å². The summed E-state index contributed by atoms with van der Waals surface area (Å²) in [5.74, 6) is 0. The topological polar surface area (TPSA) is 58.5 Å². The minimum Gasteiger partial charge on any atom is -0.278 e. The third-order valence-electron chi connectivity index (χ3n) is 4.04. The number of anilines is 1. The van der Waals surface area contributed by atoms with E-state index in [2.05, 4.69) is 10.5 Å². The zero-order valence-corrected chi connectivity index (χ0v) is 15.5. The van der Waals surface area contributed by atoms with Gasteiger partial charge >= 0.3 is 0 Å². The van der Waals surface area contributed by atoms with E-state index in [4.69, 9.17) is 0 Å². The van der Waals surface area contributed by atoms with Gasteiger partial charge in [0.15, 0.2) is 0 Å². The maximum absolute atomic E-state index is 12.7. The molecule has 0 aliphatic heterocycles. The van der Waals surface area contributed by atoms with Gasteiger partial charge in [0.25, 0.3) is 0 Å². The summed E-state index contributed by atoms with van der Waals surface area (Å²) in [7, 11) is -3.51. The van der Waals surface area contributed by atoms with E-state index in [9.17, 15) is 8.42 Å². The molecule has 0 radical (unpaired) electrons. The Bertz CT molecular complexity index is 1010. The summed E-state index contributed by atoms with van der Waals surface area (Å²) in [4.78, 5) is 0.553.